The molecule has 1 aromatic rings. The average Bonchev–Trinajstić information content (AvgIpc) is 2.38. The molecule has 2 rings (SSSR count). The van der Waals surface area contributed by atoms with Gasteiger partial charge in [-0.15, -0.1) is 11.6 Å². The van der Waals surface area contributed by atoms with E-state index in [0.29, 0.717) is 17.8 Å². The number of amides is 1. The highest BCUT2D eigenvalue weighted by molar-refractivity contribution is 6.21. The first kappa shape index (κ1) is 11.9. The first-order valence-electron chi connectivity index (χ1n) is 5.50. The Bertz CT molecular complexity index is 452. The molecule has 1 saturated heterocycles. The Morgan fingerprint density at radius 3 is 3.00 bits per heavy atom. The standard InChI is InChI=1S/C12H12ClN3O/c13-10-2-1-5-16(8-10)12(17)11-4-3-9(6-14)7-15-11/h3-4,7,10H,1-2,5,8H2. The minimum atomic E-state index is -0.111. The van der Waals surface area contributed by atoms with E-state index in [1.54, 1.807) is 17.0 Å². The monoisotopic (exact) mass is 249 g/mol. The summed E-state index contributed by atoms with van der Waals surface area (Å²) < 4.78 is 0. The maximum absolute atomic E-state index is 12.1. The Balaban J connectivity index is 2.11. The molecule has 1 aliphatic heterocycles. The molecule has 1 amide bonds. The lowest BCUT2D eigenvalue weighted by Gasteiger charge is -2.29. The Labute approximate surface area is 105 Å². The molecule has 1 unspecified atom stereocenters. The molecule has 5 heteroatoms. The first-order valence-corrected chi connectivity index (χ1v) is 5.94. The van der Waals surface area contributed by atoms with Crippen molar-refractivity contribution in [2.75, 3.05) is 13.1 Å². The van der Waals surface area contributed by atoms with Crippen LogP contribution in [-0.2, 0) is 0 Å². The molecule has 2 heterocycles. The highest BCUT2D eigenvalue weighted by Crippen LogP contribution is 2.16. The molecule has 0 aromatic carbocycles. The number of carbonyl (C=O) groups is 1. The zero-order valence-corrected chi connectivity index (χ0v) is 10.0. The summed E-state index contributed by atoms with van der Waals surface area (Å²) in [6.45, 7) is 1.30. The second kappa shape index (κ2) is 5.15. The second-order valence-corrected chi connectivity index (χ2v) is 4.65. The molecule has 0 bridgehead atoms. The Kier molecular flexibility index (Phi) is 3.60. The van der Waals surface area contributed by atoms with Crippen LogP contribution in [-0.4, -0.2) is 34.3 Å². The molecule has 0 radical (unpaired) electrons. The molecule has 1 fully saturated rings. The third kappa shape index (κ3) is 2.75. The molecule has 4 nitrogen and oxygen atoms in total. The van der Waals surface area contributed by atoms with Gasteiger partial charge in [0.15, 0.2) is 0 Å². The predicted octanol–water partition coefficient (Wildman–Crippen LogP) is 1.80. The van der Waals surface area contributed by atoms with Crippen molar-refractivity contribution in [3.8, 4) is 6.07 Å². The van der Waals surface area contributed by atoms with Gasteiger partial charge in [-0.3, -0.25) is 4.79 Å². The molecule has 1 aliphatic rings. The Morgan fingerprint density at radius 1 is 1.59 bits per heavy atom. The Morgan fingerprint density at radius 2 is 2.41 bits per heavy atom. The van der Waals surface area contributed by atoms with Crippen LogP contribution in [0.2, 0.25) is 0 Å². The zero-order chi connectivity index (χ0) is 12.3. The van der Waals surface area contributed by atoms with E-state index in [1.165, 1.54) is 6.20 Å². The summed E-state index contributed by atoms with van der Waals surface area (Å²) in [5.41, 5.74) is 0.824. The van der Waals surface area contributed by atoms with Gasteiger partial charge in [0.05, 0.1) is 10.9 Å². The lowest BCUT2D eigenvalue weighted by atomic mass is 10.1. The van der Waals surface area contributed by atoms with Crippen LogP contribution in [0.3, 0.4) is 0 Å². The van der Waals surface area contributed by atoms with Crippen molar-refractivity contribution in [1.82, 2.24) is 9.88 Å². The van der Waals surface area contributed by atoms with Gasteiger partial charge in [-0.2, -0.15) is 5.26 Å². The fourth-order valence-corrected chi connectivity index (χ4v) is 2.18. The number of nitriles is 1. The number of carbonyl (C=O) groups excluding carboxylic acids is 1. The van der Waals surface area contributed by atoms with E-state index in [2.05, 4.69) is 4.98 Å². The summed E-state index contributed by atoms with van der Waals surface area (Å²) in [5.74, 6) is -0.111. The number of hydrogen-bond acceptors (Lipinski definition) is 3. The summed E-state index contributed by atoms with van der Waals surface area (Å²) in [6.07, 6.45) is 3.29. The quantitative estimate of drug-likeness (QED) is 0.713. The van der Waals surface area contributed by atoms with Crippen LogP contribution in [0.5, 0.6) is 0 Å². The highest BCUT2D eigenvalue weighted by Gasteiger charge is 2.23. The fourth-order valence-electron chi connectivity index (χ4n) is 1.86. The van der Waals surface area contributed by atoms with Gasteiger partial charge in [0.2, 0.25) is 0 Å². The van der Waals surface area contributed by atoms with Crippen molar-refractivity contribution in [3.05, 3.63) is 29.6 Å². The van der Waals surface area contributed by atoms with E-state index in [9.17, 15) is 4.79 Å². The van der Waals surface area contributed by atoms with Gasteiger partial charge < -0.3 is 4.90 Å². The van der Waals surface area contributed by atoms with Gasteiger partial charge in [-0.25, -0.2) is 4.98 Å². The van der Waals surface area contributed by atoms with Gasteiger partial charge in [0, 0.05) is 19.3 Å². The lowest BCUT2D eigenvalue weighted by Crippen LogP contribution is -2.40. The van der Waals surface area contributed by atoms with E-state index in [4.69, 9.17) is 16.9 Å². The Hall–Kier alpha value is -1.60. The fraction of sp³-hybridized carbons (Fsp3) is 0.417. The minimum absolute atomic E-state index is 0.0334. The van der Waals surface area contributed by atoms with Crippen molar-refractivity contribution in [3.63, 3.8) is 0 Å². The summed E-state index contributed by atoms with van der Waals surface area (Å²) in [5, 5.41) is 8.68. The van der Waals surface area contributed by atoms with E-state index in [1.807, 2.05) is 6.07 Å². The van der Waals surface area contributed by atoms with Crippen LogP contribution in [0.25, 0.3) is 0 Å². The molecule has 1 aromatic heterocycles. The number of alkyl halides is 1. The molecule has 88 valence electrons. The van der Waals surface area contributed by atoms with E-state index >= 15 is 0 Å². The zero-order valence-electron chi connectivity index (χ0n) is 9.27. The van der Waals surface area contributed by atoms with Crippen molar-refractivity contribution >= 4 is 17.5 Å². The van der Waals surface area contributed by atoms with Crippen molar-refractivity contribution in [2.24, 2.45) is 0 Å². The third-order valence-corrected chi connectivity index (χ3v) is 3.12. The second-order valence-electron chi connectivity index (χ2n) is 4.03. The number of nitrogens with zero attached hydrogens (tertiary/aromatic N) is 3. The molecule has 0 aliphatic carbocycles. The first-order chi connectivity index (χ1) is 8.20. The van der Waals surface area contributed by atoms with Gasteiger partial charge in [-0.05, 0) is 25.0 Å². The van der Waals surface area contributed by atoms with Crippen molar-refractivity contribution in [2.45, 2.75) is 18.2 Å². The summed E-state index contributed by atoms with van der Waals surface area (Å²) in [7, 11) is 0. The number of likely N-dealkylation sites (tertiary alicyclic amines) is 1. The number of pyridine rings is 1. The third-order valence-electron chi connectivity index (χ3n) is 2.76. The number of aromatic nitrogens is 1. The van der Waals surface area contributed by atoms with Crippen LogP contribution in [0.15, 0.2) is 18.3 Å². The maximum Gasteiger partial charge on any atom is 0.272 e. The largest absolute Gasteiger partial charge is 0.336 e. The van der Waals surface area contributed by atoms with Gasteiger partial charge in [-0.1, -0.05) is 0 Å². The number of hydrogen-bond donors (Lipinski definition) is 0. The predicted molar refractivity (Wildman–Crippen MR) is 63.7 cm³/mol. The van der Waals surface area contributed by atoms with Gasteiger partial charge in [0.25, 0.3) is 5.91 Å². The van der Waals surface area contributed by atoms with Crippen LogP contribution in [0, 0.1) is 11.3 Å². The normalized spacial score (nSPS) is 19.8. The maximum atomic E-state index is 12.1. The van der Waals surface area contributed by atoms with Crippen LogP contribution >= 0.6 is 11.6 Å². The lowest BCUT2D eigenvalue weighted by molar-refractivity contribution is 0.0721. The molecule has 0 saturated carbocycles. The van der Waals surface area contributed by atoms with Crippen molar-refractivity contribution in [1.29, 1.82) is 5.26 Å². The average molecular weight is 250 g/mol. The van der Waals surface area contributed by atoms with Crippen LogP contribution in [0.1, 0.15) is 28.9 Å². The molecule has 1 atom stereocenters. The molecular formula is C12H12ClN3O. The number of piperidine rings is 1. The van der Waals surface area contributed by atoms with Crippen LogP contribution < -0.4 is 0 Å². The summed E-state index contributed by atoms with van der Waals surface area (Å²) >= 11 is 6.03. The molecule has 0 spiro atoms. The molecule has 17 heavy (non-hydrogen) atoms. The smallest absolute Gasteiger partial charge is 0.272 e. The minimum Gasteiger partial charge on any atom is -0.336 e. The van der Waals surface area contributed by atoms with Gasteiger partial charge >= 0.3 is 0 Å². The number of halogens is 1. The summed E-state index contributed by atoms with van der Waals surface area (Å²) in [6, 6.07) is 5.15. The van der Waals surface area contributed by atoms with E-state index in [-0.39, 0.29) is 11.3 Å². The topological polar surface area (TPSA) is 57.0 Å². The van der Waals surface area contributed by atoms with Crippen molar-refractivity contribution < 1.29 is 4.79 Å². The summed E-state index contributed by atoms with van der Waals surface area (Å²) in [4.78, 5) is 17.8. The van der Waals surface area contributed by atoms with Crippen LogP contribution in [0.4, 0.5) is 0 Å². The highest BCUT2D eigenvalue weighted by atomic mass is 35.5. The van der Waals surface area contributed by atoms with Gasteiger partial charge in [0.1, 0.15) is 11.8 Å². The molecule has 0 N–H and O–H groups in total. The number of rotatable bonds is 1. The van der Waals surface area contributed by atoms with E-state index in [0.717, 1.165) is 19.4 Å². The van der Waals surface area contributed by atoms with E-state index < -0.39 is 0 Å². The SMILES string of the molecule is N#Cc1ccc(C(=O)N2CCCC(Cl)C2)nc1. The molecular weight excluding hydrogens is 238 g/mol.